The van der Waals surface area contributed by atoms with E-state index in [1.165, 1.54) is 12.0 Å². The molecule has 0 radical (unpaired) electrons. The number of hydrogen-bond acceptors (Lipinski definition) is 7. The molecule has 2 aliphatic heterocycles. The van der Waals surface area contributed by atoms with Crippen LogP contribution in [0.5, 0.6) is 11.9 Å². The minimum absolute atomic E-state index is 0.132. The molecule has 1 aromatic heterocycles. The third kappa shape index (κ3) is 5.52. The number of benzene rings is 1. The molecule has 39 heavy (non-hydrogen) atoms. The van der Waals surface area contributed by atoms with Gasteiger partial charge in [-0.05, 0) is 25.7 Å². The van der Waals surface area contributed by atoms with E-state index in [1.54, 1.807) is 18.0 Å². The van der Waals surface area contributed by atoms with Crippen LogP contribution < -0.4 is 14.8 Å². The molecule has 0 unspecified atom stereocenters. The first-order chi connectivity index (χ1) is 18.8. The van der Waals surface area contributed by atoms with Gasteiger partial charge in [0.25, 0.3) is 0 Å². The topological polar surface area (TPSA) is 134 Å². The number of nitrogens with one attached hydrogen (secondary N) is 1. The number of carboxylic acids is 1. The predicted octanol–water partition coefficient (Wildman–Crippen LogP) is 2.73. The van der Waals surface area contributed by atoms with E-state index in [-0.39, 0.29) is 36.8 Å². The van der Waals surface area contributed by atoms with Crippen molar-refractivity contribution in [2.45, 2.75) is 49.8 Å². The summed E-state index contributed by atoms with van der Waals surface area (Å²) >= 11 is 0. The van der Waals surface area contributed by atoms with E-state index < -0.39 is 29.6 Å². The van der Waals surface area contributed by atoms with Gasteiger partial charge in [-0.25, -0.2) is 9.59 Å². The largest absolute Gasteiger partial charge is 0.479 e. The van der Waals surface area contributed by atoms with Crippen LogP contribution in [0.3, 0.4) is 0 Å². The molecule has 2 aromatic rings. The van der Waals surface area contributed by atoms with Gasteiger partial charge in [-0.15, -0.1) is 0 Å². The van der Waals surface area contributed by atoms with Gasteiger partial charge < -0.3 is 29.7 Å². The Kier molecular flexibility index (Phi) is 7.40. The van der Waals surface area contributed by atoms with Crippen LogP contribution in [-0.4, -0.2) is 87.7 Å². The zero-order valence-corrected chi connectivity index (χ0v) is 22.1. The quantitative estimate of drug-likeness (QED) is 0.559. The van der Waals surface area contributed by atoms with E-state index in [0.717, 1.165) is 24.8 Å². The van der Waals surface area contributed by atoms with Crippen molar-refractivity contribution in [2.24, 2.45) is 5.92 Å². The van der Waals surface area contributed by atoms with Crippen molar-refractivity contribution < 1.29 is 29.0 Å². The van der Waals surface area contributed by atoms with Crippen LogP contribution in [0.2, 0.25) is 0 Å². The molecule has 3 heterocycles. The lowest BCUT2D eigenvalue weighted by Gasteiger charge is -2.29. The second kappa shape index (κ2) is 10.9. The Morgan fingerprint density at radius 1 is 1.18 bits per heavy atom. The number of nitrogens with zero attached hydrogens (tertiary/aromatic N) is 4. The Bertz CT molecular complexity index is 1270. The molecule has 5 rings (SSSR count). The van der Waals surface area contributed by atoms with E-state index in [4.69, 9.17) is 9.47 Å². The van der Waals surface area contributed by atoms with E-state index in [9.17, 15) is 19.5 Å². The summed E-state index contributed by atoms with van der Waals surface area (Å²) in [6.07, 6.45) is 6.30. The number of allylic oxidation sites excluding steroid dienone is 1. The van der Waals surface area contributed by atoms with Crippen molar-refractivity contribution >= 4 is 17.9 Å². The normalized spacial score (nSPS) is 28.0. The van der Waals surface area contributed by atoms with Crippen molar-refractivity contribution in [3.05, 3.63) is 48.6 Å². The van der Waals surface area contributed by atoms with Gasteiger partial charge in [0.05, 0.1) is 19.3 Å². The number of aromatic nitrogens is 2. The summed E-state index contributed by atoms with van der Waals surface area (Å²) in [5.41, 5.74) is 0.121. The number of urea groups is 1. The zero-order valence-electron chi connectivity index (χ0n) is 22.1. The van der Waals surface area contributed by atoms with Gasteiger partial charge in [-0.2, -0.15) is 9.97 Å². The van der Waals surface area contributed by atoms with Gasteiger partial charge >= 0.3 is 18.0 Å². The number of amides is 3. The molecule has 2 N–H and O–H groups in total. The maximum Gasteiger partial charge on any atom is 0.330 e. The monoisotopic (exact) mass is 535 g/mol. The molecule has 2 fully saturated rings. The molecule has 206 valence electrons. The zero-order chi connectivity index (χ0) is 27.6. The highest BCUT2D eigenvalue weighted by atomic mass is 16.5. The third-order valence-electron chi connectivity index (χ3n) is 7.58. The van der Waals surface area contributed by atoms with Crippen molar-refractivity contribution in [1.82, 2.24) is 25.1 Å². The summed E-state index contributed by atoms with van der Waals surface area (Å²) in [5.74, 6) is -1.58. The molecule has 3 amide bonds. The number of ether oxygens (including phenoxy) is 2. The number of carboxylic acid groups (broad SMARTS) is 1. The molecule has 11 heteroatoms. The predicted molar refractivity (Wildman–Crippen MR) is 141 cm³/mol. The maximum absolute atomic E-state index is 13.5. The van der Waals surface area contributed by atoms with Gasteiger partial charge in [0, 0.05) is 37.6 Å². The Balaban J connectivity index is 1.40. The van der Waals surface area contributed by atoms with Gasteiger partial charge in [0.2, 0.25) is 11.8 Å². The van der Waals surface area contributed by atoms with Crippen LogP contribution >= 0.6 is 0 Å². The lowest BCUT2D eigenvalue weighted by molar-refractivity contribution is -0.144. The van der Waals surface area contributed by atoms with Gasteiger partial charge in [-0.3, -0.25) is 4.79 Å². The Morgan fingerprint density at radius 2 is 1.97 bits per heavy atom. The van der Waals surface area contributed by atoms with Gasteiger partial charge in [0.1, 0.15) is 17.7 Å². The Hall–Kier alpha value is -4.15. The number of fused-ring (bicyclic) bond motifs is 2. The number of aliphatic carboxylic acids is 1. The van der Waals surface area contributed by atoms with Crippen LogP contribution in [0.15, 0.2) is 48.6 Å². The lowest BCUT2D eigenvalue weighted by Crippen LogP contribution is -2.54. The minimum atomic E-state index is -1.35. The standard InChI is InChI=1S/C28H33N5O6/c1-32-13-9-4-3-8-12-19-16-28(19,25(35)36)31-24(34)22-14-20(17-33(22)27(32)37)39-23-15-21(29-26(30-23)38-2)18-10-6-5-7-11-18/h5-8,10-12,15,19-20,22H,3-4,9,13-14,16-17H2,1-2H3,(H,31,34)(H,35,36)/b12-8-/t19-,20+,22-,28+/m0/s1. The number of carbonyl (C=O) groups is 3. The summed E-state index contributed by atoms with van der Waals surface area (Å²) in [4.78, 5) is 50.9. The van der Waals surface area contributed by atoms with Crippen LogP contribution in [0.1, 0.15) is 32.1 Å². The fourth-order valence-corrected chi connectivity index (χ4v) is 5.28. The molecule has 0 bridgehead atoms. The highest BCUT2D eigenvalue weighted by Gasteiger charge is 2.61. The van der Waals surface area contributed by atoms with E-state index in [0.29, 0.717) is 18.7 Å². The highest BCUT2D eigenvalue weighted by molar-refractivity contribution is 5.94. The van der Waals surface area contributed by atoms with E-state index >= 15 is 0 Å². The summed E-state index contributed by atoms with van der Waals surface area (Å²) in [5, 5.41) is 12.7. The average molecular weight is 536 g/mol. The SMILES string of the molecule is COc1nc(O[C@@H]2C[C@H]3C(=O)N[C@]4(C(=O)O)C[C@@H]4/C=C\CCCCN(C)C(=O)N3C2)cc(-c2ccccc2)n1. The maximum atomic E-state index is 13.5. The fourth-order valence-electron chi connectivity index (χ4n) is 5.28. The number of carbonyl (C=O) groups excluding carboxylic acids is 2. The molecule has 4 atom stereocenters. The first-order valence-electron chi connectivity index (χ1n) is 13.2. The summed E-state index contributed by atoms with van der Waals surface area (Å²) in [6.45, 7) is 0.701. The van der Waals surface area contributed by atoms with Crippen molar-refractivity contribution in [2.75, 3.05) is 27.2 Å². The van der Waals surface area contributed by atoms with E-state index in [2.05, 4.69) is 15.3 Å². The molecule has 0 spiro atoms. The van der Waals surface area contributed by atoms with Crippen LogP contribution in [0, 0.1) is 5.92 Å². The first-order valence-corrected chi connectivity index (χ1v) is 13.2. The number of methoxy groups -OCH3 is 1. The molecular weight excluding hydrogens is 502 g/mol. The van der Waals surface area contributed by atoms with Crippen LogP contribution in [0.4, 0.5) is 4.79 Å². The molecule has 1 saturated carbocycles. The minimum Gasteiger partial charge on any atom is -0.479 e. The number of rotatable bonds is 5. The highest BCUT2D eigenvalue weighted by Crippen LogP contribution is 2.45. The molecule has 1 aliphatic carbocycles. The Labute approximate surface area is 226 Å². The van der Waals surface area contributed by atoms with Crippen molar-refractivity contribution in [3.63, 3.8) is 0 Å². The van der Waals surface area contributed by atoms with Gasteiger partial charge in [-0.1, -0.05) is 42.5 Å². The van der Waals surface area contributed by atoms with Crippen molar-refractivity contribution in [3.8, 4) is 23.1 Å². The van der Waals surface area contributed by atoms with E-state index in [1.807, 2.05) is 42.5 Å². The Morgan fingerprint density at radius 3 is 2.72 bits per heavy atom. The van der Waals surface area contributed by atoms with Crippen molar-refractivity contribution in [1.29, 1.82) is 0 Å². The summed E-state index contributed by atoms with van der Waals surface area (Å²) < 4.78 is 11.5. The molecular formula is C28H33N5O6. The first kappa shape index (κ1) is 26.5. The second-order valence-corrected chi connectivity index (χ2v) is 10.3. The summed E-state index contributed by atoms with van der Waals surface area (Å²) in [7, 11) is 3.18. The molecule has 1 saturated heterocycles. The number of hydrogen-bond donors (Lipinski definition) is 2. The van der Waals surface area contributed by atoms with Gasteiger partial charge in [0.15, 0.2) is 0 Å². The van der Waals surface area contributed by atoms with Crippen LogP contribution in [-0.2, 0) is 9.59 Å². The molecule has 3 aliphatic rings. The summed E-state index contributed by atoms with van der Waals surface area (Å²) in [6, 6.07) is 10.2. The third-order valence-corrected chi connectivity index (χ3v) is 7.58. The fraction of sp³-hybridized carbons (Fsp3) is 0.464. The lowest BCUT2D eigenvalue weighted by atomic mass is 10.1. The molecule has 11 nitrogen and oxygen atoms in total. The van der Waals surface area contributed by atoms with Crippen LogP contribution in [0.25, 0.3) is 11.3 Å². The second-order valence-electron chi connectivity index (χ2n) is 10.3. The smallest absolute Gasteiger partial charge is 0.330 e. The average Bonchev–Trinajstić information content (AvgIpc) is 3.48. The molecule has 1 aromatic carbocycles.